The summed E-state index contributed by atoms with van der Waals surface area (Å²) in [6.07, 6.45) is 0. The maximum absolute atomic E-state index is 2.45. The minimum Gasteiger partial charge on any atom is -0.310 e. The van der Waals surface area contributed by atoms with Crippen LogP contribution in [0.3, 0.4) is 0 Å². The fraction of sp³-hybridized carbons (Fsp3) is 0. The summed E-state index contributed by atoms with van der Waals surface area (Å²) >= 11 is 0. The number of hydrogen-bond donors (Lipinski definition) is 0. The molecule has 0 fully saturated rings. The summed E-state index contributed by atoms with van der Waals surface area (Å²) in [5.74, 6) is 0. The highest BCUT2D eigenvalue weighted by molar-refractivity contribution is 6.11. The van der Waals surface area contributed by atoms with Crippen LogP contribution in [0.2, 0.25) is 0 Å². The Kier molecular flexibility index (Phi) is 9.57. The maximum atomic E-state index is 2.45. The lowest BCUT2D eigenvalue weighted by atomic mass is 9.92. The van der Waals surface area contributed by atoms with Crippen molar-refractivity contribution in [3.05, 3.63) is 255 Å². The van der Waals surface area contributed by atoms with Gasteiger partial charge in [-0.15, -0.1) is 0 Å². The molecule has 11 aromatic rings. The Labute approximate surface area is 362 Å². The summed E-state index contributed by atoms with van der Waals surface area (Å²) in [5.41, 5.74) is 18.5. The van der Waals surface area contributed by atoms with E-state index in [4.69, 9.17) is 0 Å². The molecule has 292 valence electrons. The molecule has 0 saturated heterocycles. The van der Waals surface area contributed by atoms with Crippen molar-refractivity contribution >= 4 is 38.9 Å². The molecule has 0 aliphatic heterocycles. The zero-order valence-corrected chi connectivity index (χ0v) is 34.1. The largest absolute Gasteiger partial charge is 0.310 e. The number of hydrogen-bond acceptors (Lipinski definition) is 1. The number of para-hydroxylation sites is 2. The van der Waals surface area contributed by atoms with Crippen molar-refractivity contribution in [3.63, 3.8) is 0 Å². The average Bonchev–Trinajstić information content (AvgIpc) is 3.69. The number of fused-ring (bicyclic) bond motifs is 3. The lowest BCUT2D eigenvalue weighted by Crippen LogP contribution is -2.11. The fourth-order valence-corrected chi connectivity index (χ4v) is 9.13. The van der Waals surface area contributed by atoms with E-state index in [2.05, 4.69) is 264 Å². The van der Waals surface area contributed by atoms with Gasteiger partial charge in [-0.25, -0.2) is 0 Å². The predicted octanol–water partition coefficient (Wildman–Crippen LogP) is 16.6. The summed E-state index contributed by atoms with van der Waals surface area (Å²) in [7, 11) is 0. The van der Waals surface area contributed by atoms with Gasteiger partial charge in [-0.05, 0) is 98.6 Å². The Bertz CT molecular complexity index is 3190. The van der Waals surface area contributed by atoms with E-state index in [1.54, 1.807) is 0 Å². The normalized spacial score (nSPS) is 11.2. The van der Waals surface area contributed by atoms with Gasteiger partial charge in [0, 0.05) is 33.4 Å². The van der Waals surface area contributed by atoms with Crippen molar-refractivity contribution in [2.45, 2.75) is 0 Å². The topological polar surface area (TPSA) is 8.17 Å². The van der Waals surface area contributed by atoms with Crippen LogP contribution in [0.1, 0.15) is 0 Å². The highest BCUT2D eigenvalue weighted by Gasteiger charge is 2.22. The van der Waals surface area contributed by atoms with Crippen LogP contribution in [0.4, 0.5) is 17.1 Å². The molecule has 0 aliphatic rings. The molecule has 1 heterocycles. The van der Waals surface area contributed by atoms with Gasteiger partial charge in [0.25, 0.3) is 0 Å². The van der Waals surface area contributed by atoms with Crippen LogP contribution in [-0.2, 0) is 0 Å². The molecule has 10 aromatic carbocycles. The minimum absolute atomic E-state index is 1.07. The second kappa shape index (κ2) is 16.1. The molecule has 0 amide bonds. The zero-order valence-electron chi connectivity index (χ0n) is 34.1. The molecule has 0 saturated carbocycles. The van der Waals surface area contributed by atoms with Crippen molar-refractivity contribution in [1.29, 1.82) is 0 Å². The maximum Gasteiger partial charge on any atom is 0.0562 e. The molecule has 0 aliphatic carbocycles. The first-order valence-corrected chi connectivity index (χ1v) is 21.3. The van der Waals surface area contributed by atoms with E-state index < -0.39 is 0 Å². The lowest BCUT2D eigenvalue weighted by molar-refractivity contribution is 1.18. The molecule has 1 aromatic heterocycles. The van der Waals surface area contributed by atoms with Crippen LogP contribution in [0.25, 0.3) is 83.1 Å². The molecule has 11 rings (SSSR count). The van der Waals surface area contributed by atoms with Gasteiger partial charge in [0.1, 0.15) is 0 Å². The fourth-order valence-electron chi connectivity index (χ4n) is 9.13. The molecule has 0 radical (unpaired) electrons. The Morgan fingerprint density at radius 2 is 0.613 bits per heavy atom. The number of nitrogens with zero attached hydrogens (tertiary/aromatic N) is 2. The lowest BCUT2D eigenvalue weighted by Gasteiger charge is -2.28. The summed E-state index contributed by atoms with van der Waals surface area (Å²) in [6.45, 7) is 0. The smallest absolute Gasteiger partial charge is 0.0562 e. The van der Waals surface area contributed by atoms with Gasteiger partial charge in [0.05, 0.1) is 16.7 Å². The highest BCUT2D eigenvalue weighted by atomic mass is 15.1. The molecular weight excluding hydrogens is 749 g/mol. The van der Waals surface area contributed by atoms with Crippen molar-refractivity contribution in [2.75, 3.05) is 4.90 Å². The van der Waals surface area contributed by atoms with Gasteiger partial charge in [-0.2, -0.15) is 0 Å². The van der Waals surface area contributed by atoms with E-state index in [9.17, 15) is 0 Å². The van der Waals surface area contributed by atoms with Crippen molar-refractivity contribution < 1.29 is 0 Å². The molecule has 0 unspecified atom stereocenters. The van der Waals surface area contributed by atoms with Gasteiger partial charge in [-0.3, -0.25) is 0 Å². The van der Waals surface area contributed by atoms with Crippen LogP contribution >= 0.6 is 0 Å². The van der Waals surface area contributed by atoms with Gasteiger partial charge in [0.15, 0.2) is 0 Å². The molecule has 2 nitrogen and oxygen atoms in total. The van der Waals surface area contributed by atoms with E-state index in [1.165, 1.54) is 71.9 Å². The van der Waals surface area contributed by atoms with E-state index in [0.29, 0.717) is 0 Å². The molecule has 0 N–H and O–H groups in total. The minimum atomic E-state index is 1.07. The van der Waals surface area contributed by atoms with Crippen LogP contribution < -0.4 is 4.90 Å². The summed E-state index contributed by atoms with van der Waals surface area (Å²) in [4.78, 5) is 2.44. The third kappa shape index (κ3) is 6.74. The van der Waals surface area contributed by atoms with Gasteiger partial charge < -0.3 is 9.47 Å². The van der Waals surface area contributed by atoms with Gasteiger partial charge in [-0.1, -0.05) is 206 Å². The summed E-state index contributed by atoms with van der Waals surface area (Å²) in [5, 5.41) is 2.43. The average molecular weight is 791 g/mol. The van der Waals surface area contributed by atoms with Crippen LogP contribution in [0, 0.1) is 0 Å². The predicted molar refractivity (Wildman–Crippen MR) is 263 cm³/mol. The van der Waals surface area contributed by atoms with Crippen LogP contribution in [0.5, 0.6) is 0 Å². The van der Waals surface area contributed by atoms with Gasteiger partial charge >= 0.3 is 0 Å². The van der Waals surface area contributed by atoms with E-state index in [1.807, 2.05) is 0 Å². The van der Waals surface area contributed by atoms with Crippen LogP contribution in [-0.4, -0.2) is 4.57 Å². The standard InChI is InChI=1S/C60H42N2/c1-6-20-43(21-7-1)51-37-34-48(40-56(51)46-26-12-4-13-27-46)61(49-35-38-52(44-22-8-2-9-23-44)57(41-49)47-28-14-5-15-29-47)50-36-39-55-54-31-17-19-33-59(54)62(60(55)42-50)58-32-18-16-30-53(58)45-24-10-3-11-25-45/h1-42H. The van der Waals surface area contributed by atoms with Crippen LogP contribution in [0.15, 0.2) is 255 Å². The highest BCUT2D eigenvalue weighted by Crippen LogP contribution is 2.45. The van der Waals surface area contributed by atoms with E-state index in [0.717, 1.165) is 28.3 Å². The van der Waals surface area contributed by atoms with Gasteiger partial charge in [0.2, 0.25) is 0 Å². The van der Waals surface area contributed by atoms with E-state index >= 15 is 0 Å². The summed E-state index contributed by atoms with van der Waals surface area (Å²) < 4.78 is 2.45. The first-order valence-electron chi connectivity index (χ1n) is 21.3. The number of anilines is 3. The molecule has 0 spiro atoms. The monoisotopic (exact) mass is 790 g/mol. The number of aromatic nitrogens is 1. The summed E-state index contributed by atoms with van der Waals surface area (Å²) in [6, 6.07) is 92.2. The molecule has 2 heteroatoms. The second-order valence-electron chi connectivity index (χ2n) is 15.7. The Balaban J connectivity index is 1.19. The van der Waals surface area contributed by atoms with Crippen molar-refractivity contribution in [2.24, 2.45) is 0 Å². The Hall–Kier alpha value is -8.20. The van der Waals surface area contributed by atoms with Crippen molar-refractivity contribution in [3.8, 4) is 61.3 Å². The van der Waals surface area contributed by atoms with E-state index in [-0.39, 0.29) is 0 Å². The molecular formula is C60H42N2. The molecule has 0 bridgehead atoms. The quantitative estimate of drug-likeness (QED) is 0.141. The Morgan fingerprint density at radius 3 is 1.13 bits per heavy atom. The zero-order chi connectivity index (χ0) is 41.2. The first kappa shape index (κ1) is 36.8. The Morgan fingerprint density at radius 1 is 0.242 bits per heavy atom. The molecule has 0 atom stereocenters. The SMILES string of the molecule is c1ccc(-c2ccc(N(c3ccc(-c4ccccc4)c(-c4ccccc4)c3)c3ccc4c5ccccc5n(-c5ccccc5-c5ccccc5)c4c3)cc2-c2ccccc2)cc1. The third-order valence-electron chi connectivity index (χ3n) is 12.0. The number of benzene rings is 10. The first-order chi connectivity index (χ1) is 30.8. The number of rotatable bonds is 9. The van der Waals surface area contributed by atoms with Crippen molar-refractivity contribution in [1.82, 2.24) is 4.57 Å². The second-order valence-corrected chi connectivity index (χ2v) is 15.7. The third-order valence-corrected chi connectivity index (χ3v) is 12.0. The molecule has 62 heavy (non-hydrogen) atoms.